The summed E-state index contributed by atoms with van der Waals surface area (Å²) in [5, 5.41) is 5.11. The molecule has 2 aliphatic rings. The third-order valence-electron chi connectivity index (χ3n) is 5.74. The normalized spacial score (nSPS) is 19.1. The van der Waals surface area contributed by atoms with E-state index < -0.39 is 0 Å². The van der Waals surface area contributed by atoms with Gasteiger partial charge in [-0.15, -0.1) is 0 Å². The van der Waals surface area contributed by atoms with Gasteiger partial charge in [-0.3, -0.25) is 9.88 Å². The second-order valence-electron chi connectivity index (χ2n) is 7.71. The number of likely N-dealkylation sites (N-methyl/N-ethyl adjacent to an activating group) is 1. The van der Waals surface area contributed by atoms with Crippen molar-refractivity contribution in [3.63, 3.8) is 0 Å². The topological polar surface area (TPSA) is 31.4 Å². The lowest BCUT2D eigenvalue weighted by atomic mass is 9.92. The number of hydrogen-bond acceptors (Lipinski definition) is 4. The fraction of sp³-hybridized carbons (Fsp3) is 0.571. The molecular formula is C21H30N4. The molecule has 1 aliphatic heterocycles. The highest BCUT2D eigenvalue weighted by molar-refractivity contribution is 5.94. The molecule has 1 fully saturated rings. The Bertz CT molecular complexity index is 747. The Balaban J connectivity index is 1.55. The maximum atomic E-state index is 4.97. The molecule has 2 heterocycles. The van der Waals surface area contributed by atoms with E-state index in [0.29, 0.717) is 0 Å². The van der Waals surface area contributed by atoms with Crippen LogP contribution in [0, 0.1) is 6.92 Å². The number of pyridine rings is 1. The molecule has 0 atom stereocenters. The molecule has 1 saturated heterocycles. The van der Waals surface area contributed by atoms with Crippen LogP contribution in [0.25, 0.3) is 10.9 Å². The third-order valence-corrected chi connectivity index (χ3v) is 5.74. The van der Waals surface area contributed by atoms with Crippen LogP contribution in [0.3, 0.4) is 0 Å². The number of rotatable bonds is 4. The van der Waals surface area contributed by atoms with Gasteiger partial charge in [0.15, 0.2) is 0 Å². The molecule has 4 heteroatoms. The number of fused-ring (bicyclic) bond motifs is 2. The quantitative estimate of drug-likeness (QED) is 0.928. The number of piperazine rings is 1. The van der Waals surface area contributed by atoms with Gasteiger partial charge in [-0.25, -0.2) is 0 Å². The summed E-state index contributed by atoms with van der Waals surface area (Å²) in [4.78, 5) is 9.96. The monoisotopic (exact) mass is 338 g/mol. The molecule has 1 aromatic carbocycles. The first-order chi connectivity index (χ1) is 12.2. The maximum absolute atomic E-state index is 4.97. The average Bonchev–Trinajstić information content (AvgIpc) is 2.63. The number of anilines is 1. The Morgan fingerprint density at radius 1 is 1.08 bits per heavy atom. The van der Waals surface area contributed by atoms with Crippen molar-refractivity contribution in [1.29, 1.82) is 0 Å². The molecule has 1 aromatic heterocycles. The van der Waals surface area contributed by atoms with Crippen molar-refractivity contribution in [3.05, 3.63) is 35.0 Å². The Kier molecular flexibility index (Phi) is 4.91. The minimum Gasteiger partial charge on any atom is -0.383 e. The van der Waals surface area contributed by atoms with Gasteiger partial charge in [-0.1, -0.05) is 11.6 Å². The average molecular weight is 338 g/mol. The number of aryl methyl sites for hydroxylation is 2. The van der Waals surface area contributed by atoms with E-state index >= 15 is 0 Å². The highest BCUT2D eigenvalue weighted by Crippen LogP contribution is 2.33. The van der Waals surface area contributed by atoms with Crippen molar-refractivity contribution in [3.8, 4) is 0 Å². The van der Waals surface area contributed by atoms with Gasteiger partial charge in [0.25, 0.3) is 0 Å². The van der Waals surface area contributed by atoms with Crippen molar-refractivity contribution in [2.24, 2.45) is 0 Å². The molecule has 0 saturated carbocycles. The van der Waals surface area contributed by atoms with Crippen LogP contribution in [0.1, 0.15) is 29.7 Å². The summed E-state index contributed by atoms with van der Waals surface area (Å²) in [5.74, 6) is 0. The zero-order valence-corrected chi connectivity index (χ0v) is 15.6. The lowest BCUT2D eigenvalue weighted by Gasteiger charge is -2.32. The minimum atomic E-state index is 1.02. The van der Waals surface area contributed by atoms with Gasteiger partial charge in [0.1, 0.15) is 0 Å². The lowest BCUT2D eigenvalue weighted by Crippen LogP contribution is -2.45. The summed E-state index contributed by atoms with van der Waals surface area (Å²) in [7, 11) is 2.22. The van der Waals surface area contributed by atoms with Crippen LogP contribution in [-0.4, -0.2) is 61.1 Å². The van der Waals surface area contributed by atoms with Crippen LogP contribution in [0.2, 0.25) is 0 Å². The molecule has 4 nitrogen and oxygen atoms in total. The number of hydrogen-bond donors (Lipinski definition) is 1. The first kappa shape index (κ1) is 16.8. The van der Waals surface area contributed by atoms with Crippen LogP contribution in [0.15, 0.2) is 18.2 Å². The summed E-state index contributed by atoms with van der Waals surface area (Å²) in [6.07, 6.45) is 4.87. The summed E-state index contributed by atoms with van der Waals surface area (Å²) in [6, 6.07) is 6.67. The second-order valence-corrected chi connectivity index (χ2v) is 7.71. The number of nitrogens with one attached hydrogen (secondary N) is 1. The van der Waals surface area contributed by atoms with Gasteiger partial charge < -0.3 is 10.2 Å². The molecule has 0 bridgehead atoms. The van der Waals surface area contributed by atoms with Crippen molar-refractivity contribution in [2.75, 3.05) is 51.6 Å². The van der Waals surface area contributed by atoms with E-state index in [9.17, 15) is 0 Å². The summed E-state index contributed by atoms with van der Waals surface area (Å²) in [5.41, 5.74) is 6.62. The van der Waals surface area contributed by atoms with E-state index in [4.69, 9.17) is 4.98 Å². The molecular weight excluding hydrogens is 308 g/mol. The fourth-order valence-corrected chi connectivity index (χ4v) is 4.15. The molecule has 2 aromatic rings. The van der Waals surface area contributed by atoms with Gasteiger partial charge in [0.2, 0.25) is 0 Å². The van der Waals surface area contributed by atoms with Crippen molar-refractivity contribution in [2.45, 2.75) is 32.6 Å². The smallest absolute Gasteiger partial charge is 0.0726 e. The SMILES string of the molecule is Cc1ccc2nc3c(c(NCCN4CCN(C)CC4)c2c1)CCCC3. The van der Waals surface area contributed by atoms with Crippen LogP contribution in [-0.2, 0) is 12.8 Å². The van der Waals surface area contributed by atoms with Gasteiger partial charge in [0, 0.05) is 56.0 Å². The van der Waals surface area contributed by atoms with Gasteiger partial charge in [-0.05, 0) is 57.4 Å². The summed E-state index contributed by atoms with van der Waals surface area (Å²) >= 11 is 0. The van der Waals surface area contributed by atoms with Crippen LogP contribution < -0.4 is 5.32 Å². The van der Waals surface area contributed by atoms with Crippen molar-refractivity contribution >= 4 is 16.6 Å². The zero-order chi connectivity index (χ0) is 17.2. The molecule has 4 rings (SSSR count). The zero-order valence-electron chi connectivity index (χ0n) is 15.6. The minimum absolute atomic E-state index is 1.02. The fourth-order valence-electron chi connectivity index (χ4n) is 4.15. The first-order valence-corrected chi connectivity index (χ1v) is 9.77. The van der Waals surface area contributed by atoms with Gasteiger partial charge in [0.05, 0.1) is 5.52 Å². The largest absolute Gasteiger partial charge is 0.383 e. The van der Waals surface area contributed by atoms with Crippen molar-refractivity contribution < 1.29 is 0 Å². The van der Waals surface area contributed by atoms with Gasteiger partial charge in [-0.2, -0.15) is 0 Å². The number of benzene rings is 1. The number of aromatic nitrogens is 1. The van der Waals surface area contributed by atoms with Crippen LogP contribution in [0.4, 0.5) is 5.69 Å². The van der Waals surface area contributed by atoms with E-state index in [1.165, 1.54) is 73.3 Å². The predicted molar refractivity (Wildman–Crippen MR) is 106 cm³/mol. The Morgan fingerprint density at radius 3 is 2.72 bits per heavy atom. The van der Waals surface area contributed by atoms with Crippen molar-refractivity contribution in [1.82, 2.24) is 14.8 Å². The van der Waals surface area contributed by atoms with E-state index in [-0.39, 0.29) is 0 Å². The molecule has 1 aliphatic carbocycles. The molecule has 0 spiro atoms. The Hall–Kier alpha value is -1.65. The standard InChI is InChI=1S/C21H30N4/c1-16-7-8-20-18(15-16)21(17-5-3-4-6-19(17)23-20)22-9-10-25-13-11-24(2)12-14-25/h7-8,15H,3-6,9-14H2,1-2H3,(H,22,23). The highest BCUT2D eigenvalue weighted by Gasteiger charge is 2.19. The van der Waals surface area contributed by atoms with Crippen LogP contribution in [0.5, 0.6) is 0 Å². The Morgan fingerprint density at radius 2 is 1.88 bits per heavy atom. The molecule has 0 amide bonds. The van der Waals surface area contributed by atoms with E-state index in [2.05, 4.69) is 47.3 Å². The summed E-state index contributed by atoms with van der Waals surface area (Å²) in [6.45, 7) is 9.06. The van der Waals surface area contributed by atoms with E-state index in [1.807, 2.05) is 0 Å². The van der Waals surface area contributed by atoms with E-state index in [1.54, 1.807) is 0 Å². The second kappa shape index (κ2) is 7.30. The molecule has 0 unspecified atom stereocenters. The third kappa shape index (κ3) is 3.65. The van der Waals surface area contributed by atoms with E-state index in [0.717, 1.165) is 25.0 Å². The van der Waals surface area contributed by atoms with Gasteiger partial charge >= 0.3 is 0 Å². The predicted octanol–water partition coefficient (Wildman–Crippen LogP) is 3.08. The first-order valence-electron chi connectivity index (χ1n) is 9.77. The molecule has 0 radical (unpaired) electrons. The number of nitrogens with zero attached hydrogens (tertiary/aromatic N) is 3. The summed E-state index contributed by atoms with van der Waals surface area (Å²) < 4.78 is 0. The van der Waals surface area contributed by atoms with Crippen LogP contribution >= 0.6 is 0 Å². The molecule has 134 valence electrons. The highest BCUT2D eigenvalue weighted by atomic mass is 15.2. The molecule has 1 N–H and O–H groups in total. The lowest BCUT2D eigenvalue weighted by molar-refractivity contribution is 0.158. The Labute approximate surface area is 151 Å². The molecule has 25 heavy (non-hydrogen) atoms. The maximum Gasteiger partial charge on any atom is 0.0726 e.